The molecule has 82 valence electrons. The zero-order valence-corrected chi connectivity index (χ0v) is 9.36. The molecular formula is C9H5BrFN3O2. The molecule has 0 spiro atoms. The first-order valence-corrected chi connectivity index (χ1v) is 4.99. The Hall–Kier alpha value is -1.76. The van der Waals surface area contributed by atoms with Crippen LogP contribution in [0.15, 0.2) is 33.7 Å². The molecule has 2 heterocycles. The number of pyridine rings is 1. The second-order valence-corrected chi connectivity index (χ2v) is 3.58. The van der Waals surface area contributed by atoms with Crippen molar-refractivity contribution >= 4 is 27.5 Å². The van der Waals surface area contributed by atoms with Gasteiger partial charge in [0.1, 0.15) is 16.7 Å². The zero-order valence-electron chi connectivity index (χ0n) is 7.78. The molecule has 16 heavy (non-hydrogen) atoms. The second-order valence-electron chi connectivity index (χ2n) is 2.83. The van der Waals surface area contributed by atoms with Crippen molar-refractivity contribution < 1.29 is 13.7 Å². The highest BCUT2D eigenvalue weighted by molar-refractivity contribution is 9.10. The molecule has 2 rings (SSSR count). The topological polar surface area (TPSA) is 68.0 Å². The van der Waals surface area contributed by atoms with Gasteiger partial charge >= 0.3 is 0 Å². The van der Waals surface area contributed by atoms with Crippen LogP contribution in [0.2, 0.25) is 0 Å². The Morgan fingerprint density at radius 2 is 2.38 bits per heavy atom. The molecule has 0 aliphatic rings. The number of carbonyl (C=O) groups is 1. The van der Waals surface area contributed by atoms with Gasteiger partial charge < -0.3 is 9.84 Å². The van der Waals surface area contributed by atoms with Gasteiger partial charge in [-0.15, -0.1) is 0 Å². The normalized spacial score (nSPS) is 10.1. The molecule has 1 amide bonds. The van der Waals surface area contributed by atoms with E-state index in [9.17, 15) is 9.18 Å². The number of amides is 1. The largest absolute Gasteiger partial charge is 0.364 e. The van der Waals surface area contributed by atoms with Crippen LogP contribution in [0.3, 0.4) is 0 Å². The molecule has 7 heteroatoms. The summed E-state index contributed by atoms with van der Waals surface area (Å²) in [5.41, 5.74) is 0.337. The van der Waals surface area contributed by atoms with Crippen LogP contribution in [-0.2, 0) is 0 Å². The summed E-state index contributed by atoms with van der Waals surface area (Å²) in [6, 6.07) is 2.55. The van der Waals surface area contributed by atoms with Crippen molar-refractivity contribution in [2.45, 2.75) is 0 Å². The first-order chi connectivity index (χ1) is 7.66. The maximum absolute atomic E-state index is 12.9. The summed E-state index contributed by atoms with van der Waals surface area (Å²) < 4.78 is 17.7. The number of aromatic nitrogens is 2. The van der Waals surface area contributed by atoms with Crippen molar-refractivity contribution in [1.29, 1.82) is 0 Å². The van der Waals surface area contributed by atoms with E-state index in [4.69, 9.17) is 0 Å². The molecule has 0 saturated carbocycles. The highest BCUT2D eigenvalue weighted by atomic mass is 79.9. The van der Waals surface area contributed by atoms with Crippen molar-refractivity contribution in [3.63, 3.8) is 0 Å². The van der Waals surface area contributed by atoms with Crippen LogP contribution < -0.4 is 5.32 Å². The molecule has 2 aromatic heterocycles. The minimum Gasteiger partial charge on any atom is -0.364 e. The molecule has 0 aliphatic carbocycles. The molecule has 0 bridgehead atoms. The summed E-state index contributed by atoms with van der Waals surface area (Å²) in [7, 11) is 0. The molecule has 2 aromatic rings. The van der Waals surface area contributed by atoms with E-state index in [1.807, 2.05) is 0 Å². The summed E-state index contributed by atoms with van der Waals surface area (Å²) in [4.78, 5) is 15.2. The van der Waals surface area contributed by atoms with Gasteiger partial charge in [-0.25, -0.2) is 9.37 Å². The Morgan fingerprint density at radius 1 is 1.56 bits per heavy atom. The fourth-order valence-corrected chi connectivity index (χ4v) is 1.34. The van der Waals surface area contributed by atoms with Gasteiger partial charge in [-0.3, -0.25) is 4.79 Å². The Bertz CT molecular complexity index is 515. The number of nitrogens with one attached hydrogen (secondary N) is 1. The van der Waals surface area contributed by atoms with Gasteiger partial charge in [0, 0.05) is 12.1 Å². The molecule has 0 atom stereocenters. The van der Waals surface area contributed by atoms with Crippen LogP contribution in [-0.4, -0.2) is 16.0 Å². The van der Waals surface area contributed by atoms with E-state index in [1.165, 1.54) is 12.3 Å². The van der Waals surface area contributed by atoms with Crippen LogP contribution in [0.4, 0.5) is 10.1 Å². The number of anilines is 1. The molecule has 0 radical (unpaired) electrons. The summed E-state index contributed by atoms with van der Waals surface area (Å²) >= 11 is 3.09. The first-order valence-electron chi connectivity index (χ1n) is 4.19. The highest BCUT2D eigenvalue weighted by Crippen LogP contribution is 2.20. The predicted molar refractivity (Wildman–Crippen MR) is 56.4 cm³/mol. The average molecular weight is 286 g/mol. The molecule has 5 nitrogen and oxygen atoms in total. The molecular weight excluding hydrogens is 281 g/mol. The fourth-order valence-electron chi connectivity index (χ4n) is 1.03. The van der Waals surface area contributed by atoms with Crippen LogP contribution in [0.1, 0.15) is 10.5 Å². The van der Waals surface area contributed by atoms with E-state index in [-0.39, 0.29) is 11.4 Å². The van der Waals surface area contributed by atoms with Gasteiger partial charge in [0.25, 0.3) is 5.91 Å². The van der Waals surface area contributed by atoms with E-state index in [1.54, 1.807) is 0 Å². The SMILES string of the molecule is O=C(Nc1cc(F)cnc1Br)c1ccon1. The maximum Gasteiger partial charge on any atom is 0.277 e. The van der Waals surface area contributed by atoms with Gasteiger partial charge in [0.05, 0.1) is 11.9 Å². The van der Waals surface area contributed by atoms with E-state index >= 15 is 0 Å². The number of halogens is 2. The van der Waals surface area contributed by atoms with Crippen LogP contribution in [0, 0.1) is 5.82 Å². The van der Waals surface area contributed by atoms with Crippen LogP contribution in [0.25, 0.3) is 0 Å². The Kier molecular flexibility index (Phi) is 2.95. The summed E-state index contributed by atoms with van der Waals surface area (Å²) in [6.45, 7) is 0. The van der Waals surface area contributed by atoms with Crippen LogP contribution in [0.5, 0.6) is 0 Å². The number of hydrogen-bond acceptors (Lipinski definition) is 4. The van der Waals surface area contributed by atoms with Crippen molar-refractivity contribution in [2.24, 2.45) is 0 Å². The van der Waals surface area contributed by atoms with Crippen molar-refractivity contribution in [2.75, 3.05) is 5.32 Å². The average Bonchev–Trinajstić information content (AvgIpc) is 2.76. The maximum atomic E-state index is 12.9. The minimum atomic E-state index is -0.543. The van der Waals surface area contributed by atoms with E-state index < -0.39 is 11.7 Å². The lowest BCUT2D eigenvalue weighted by Crippen LogP contribution is -2.13. The molecule has 1 N–H and O–H groups in total. The number of rotatable bonds is 2. The summed E-state index contributed by atoms with van der Waals surface area (Å²) in [5.74, 6) is -1.04. The Balaban J connectivity index is 2.21. The molecule has 0 aromatic carbocycles. The third-order valence-electron chi connectivity index (χ3n) is 1.72. The third-order valence-corrected chi connectivity index (χ3v) is 2.36. The Morgan fingerprint density at radius 3 is 3.06 bits per heavy atom. The van der Waals surface area contributed by atoms with E-state index in [0.29, 0.717) is 4.60 Å². The van der Waals surface area contributed by atoms with Gasteiger partial charge in [-0.2, -0.15) is 0 Å². The smallest absolute Gasteiger partial charge is 0.277 e. The standard InChI is InChI=1S/C9H5BrFN3O2/c10-8-7(3-5(11)4-12-8)13-9(15)6-1-2-16-14-6/h1-4H,(H,13,15). The van der Waals surface area contributed by atoms with Crippen molar-refractivity contribution in [3.05, 3.63) is 40.7 Å². The quantitative estimate of drug-likeness (QED) is 0.859. The number of nitrogens with zero attached hydrogens (tertiary/aromatic N) is 2. The van der Waals surface area contributed by atoms with Crippen LogP contribution >= 0.6 is 15.9 Å². The van der Waals surface area contributed by atoms with Gasteiger partial charge in [0.2, 0.25) is 0 Å². The monoisotopic (exact) mass is 285 g/mol. The summed E-state index contributed by atoms with van der Waals surface area (Å²) in [6.07, 6.45) is 2.31. The minimum absolute atomic E-state index is 0.108. The lowest BCUT2D eigenvalue weighted by Gasteiger charge is -2.04. The van der Waals surface area contributed by atoms with Gasteiger partial charge in [-0.1, -0.05) is 5.16 Å². The van der Waals surface area contributed by atoms with Gasteiger partial charge in [-0.05, 0) is 15.9 Å². The van der Waals surface area contributed by atoms with E-state index in [2.05, 4.69) is 35.9 Å². The molecule has 0 aliphatic heterocycles. The van der Waals surface area contributed by atoms with Crippen molar-refractivity contribution in [1.82, 2.24) is 10.1 Å². The Labute approximate surface area is 97.8 Å². The predicted octanol–water partition coefficient (Wildman–Crippen LogP) is 2.22. The first kappa shape index (κ1) is 10.7. The lowest BCUT2D eigenvalue weighted by atomic mass is 10.3. The molecule has 0 saturated heterocycles. The molecule has 0 unspecified atom stereocenters. The van der Waals surface area contributed by atoms with Crippen molar-refractivity contribution in [3.8, 4) is 0 Å². The number of hydrogen-bond donors (Lipinski definition) is 1. The lowest BCUT2D eigenvalue weighted by molar-refractivity contribution is 0.101. The third kappa shape index (κ3) is 2.25. The van der Waals surface area contributed by atoms with E-state index in [0.717, 1.165) is 12.3 Å². The zero-order chi connectivity index (χ0) is 11.5. The number of carbonyl (C=O) groups excluding carboxylic acids is 1. The van der Waals surface area contributed by atoms with Gasteiger partial charge in [0.15, 0.2) is 5.69 Å². The summed E-state index contributed by atoms with van der Waals surface area (Å²) in [5, 5.41) is 5.89. The fraction of sp³-hybridized carbons (Fsp3) is 0. The highest BCUT2D eigenvalue weighted by Gasteiger charge is 2.12. The molecule has 0 fully saturated rings. The second kappa shape index (κ2) is 4.40.